The van der Waals surface area contributed by atoms with Crippen molar-refractivity contribution in [3.63, 3.8) is 0 Å². The molecule has 8 nitrogen and oxygen atoms in total. The van der Waals surface area contributed by atoms with E-state index in [0.717, 1.165) is 19.3 Å². The zero-order valence-corrected chi connectivity index (χ0v) is 39.2. The van der Waals surface area contributed by atoms with E-state index in [0.29, 0.717) is 17.4 Å². The minimum absolute atomic E-state index is 0.214. The second-order valence-corrected chi connectivity index (χ2v) is 18.7. The largest absolute Gasteiger partial charge is 0.477 e. The van der Waals surface area contributed by atoms with Crippen LogP contribution in [0, 0.1) is 0 Å². The lowest BCUT2D eigenvalue weighted by molar-refractivity contribution is -0.870. The Balaban J connectivity index is 3.29. The van der Waals surface area contributed by atoms with E-state index >= 15 is 0 Å². The molecule has 0 aliphatic carbocycles. The number of hydrogen-bond donors (Lipinski definition) is 2. The molecule has 2 unspecified atom stereocenters. The molecule has 0 radical (unpaired) electrons. The zero-order chi connectivity index (χ0) is 42.6. The predicted molar refractivity (Wildman–Crippen MR) is 244 cm³/mol. The fourth-order valence-electron chi connectivity index (χ4n) is 7.66. The van der Waals surface area contributed by atoms with Gasteiger partial charge in [0.05, 0.1) is 34.4 Å². The number of aliphatic hydroxyl groups excluding tert-OH is 1. The third-order valence-corrected chi connectivity index (χ3v) is 11.6. The highest BCUT2D eigenvalue weighted by molar-refractivity contribution is 5.70. The van der Waals surface area contributed by atoms with E-state index in [1.165, 1.54) is 218 Å². The normalized spacial score (nSPS) is 12.9. The van der Waals surface area contributed by atoms with Gasteiger partial charge >= 0.3 is 11.9 Å². The molecular weight excluding hydrogens is 727 g/mol. The molecule has 2 N–H and O–H groups in total. The first-order valence-corrected chi connectivity index (χ1v) is 25.3. The second-order valence-electron chi connectivity index (χ2n) is 18.7. The van der Waals surface area contributed by atoms with Gasteiger partial charge in [0.15, 0.2) is 0 Å². The number of aliphatic hydroxyl groups is 1. The van der Waals surface area contributed by atoms with Crippen LogP contribution in [-0.4, -0.2) is 86.5 Å². The Morgan fingerprint density at radius 1 is 0.448 bits per heavy atom. The van der Waals surface area contributed by atoms with Gasteiger partial charge in [-0.2, -0.15) is 0 Å². The third kappa shape index (κ3) is 45.9. The molecule has 0 bridgehead atoms. The van der Waals surface area contributed by atoms with Crippen LogP contribution >= 0.6 is 0 Å². The van der Waals surface area contributed by atoms with E-state index in [1.54, 1.807) is 0 Å². The van der Waals surface area contributed by atoms with Crippen LogP contribution in [0.15, 0.2) is 0 Å². The van der Waals surface area contributed by atoms with E-state index in [2.05, 4.69) is 6.92 Å². The summed E-state index contributed by atoms with van der Waals surface area (Å²) in [5.41, 5.74) is 0. The summed E-state index contributed by atoms with van der Waals surface area (Å²) in [7, 11) is 5.93. The Labute approximate surface area is 360 Å². The smallest absolute Gasteiger partial charge is 0.361 e. The van der Waals surface area contributed by atoms with Crippen molar-refractivity contribution in [1.29, 1.82) is 0 Å². The minimum atomic E-state index is -1.46. The van der Waals surface area contributed by atoms with E-state index in [4.69, 9.17) is 14.2 Å². The highest BCUT2D eigenvalue weighted by Gasteiger charge is 2.22. The first-order valence-electron chi connectivity index (χ1n) is 25.3. The number of carboxylic acids is 1. The van der Waals surface area contributed by atoms with Crippen molar-refractivity contribution in [3.8, 4) is 0 Å². The number of aliphatic carboxylic acids is 1. The lowest BCUT2D eigenvalue weighted by Crippen LogP contribution is -2.40. The number of esters is 1. The maximum absolute atomic E-state index is 12.0. The molecule has 0 heterocycles. The SMILES string of the molecule is CCCCCCCCCCCCCCCCCCCCCCCCCCCCCCCCCCCCCCCC(=O)OCC(O)COC(OCC[N+](C)(C)C)C(=O)O. The molecule has 2 atom stereocenters. The van der Waals surface area contributed by atoms with Gasteiger partial charge in [0.25, 0.3) is 6.29 Å². The Morgan fingerprint density at radius 3 is 1.02 bits per heavy atom. The highest BCUT2D eigenvalue weighted by Crippen LogP contribution is 2.18. The topological polar surface area (TPSA) is 102 Å². The molecule has 0 saturated heterocycles. The number of likely N-dealkylation sites (N-methyl/N-ethyl adjacent to an activating group) is 1. The summed E-state index contributed by atoms with van der Waals surface area (Å²) >= 11 is 0. The summed E-state index contributed by atoms with van der Waals surface area (Å²) in [6, 6.07) is 0. The molecule has 0 fully saturated rings. The van der Waals surface area contributed by atoms with Gasteiger partial charge in [-0.25, -0.2) is 4.79 Å². The zero-order valence-electron chi connectivity index (χ0n) is 39.2. The van der Waals surface area contributed by atoms with Gasteiger partial charge in [-0.15, -0.1) is 0 Å². The first kappa shape index (κ1) is 56.8. The summed E-state index contributed by atoms with van der Waals surface area (Å²) in [4.78, 5) is 23.3. The summed E-state index contributed by atoms with van der Waals surface area (Å²) in [6.45, 7) is 2.63. The van der Waals surface area contributed by atoms with Crippen LogP contribution in [0.1, 0.15) is 251 Å². The van der Waals surface area contributed by atoms with Crippen molar-refractivity contribution in [1.82, 2.24) is 0 Å². The number of hydrogen-bond acceptors (Lipinski definition) is 6. The Bertz CT molecular complexity index is 863. The quantitative estimate of drug-likeness (QED) is 0.0273. The van der Waals surface area contributed by atoms with Crippen molar-refractivity contribution in [3.05, 3.63) is 0 Å². The Hall–Kier alpha value is -1.22. The van der Waals surface area contributed by atoms with Crippen LogP contribution < -0.4 is 0 Å². The summed E-state index contributed by atoms with van der Waals surface area (Å²) in [6.07, 6.45) is 49.2. The van der Waals surface area contributed by atoms with Crippen LogP contribution in [0.5, 0.6) is 0 Å². The standard InChI is InChI=1S/C50H99NO7/c1-5-6-7-8-9-10-11-12-13-14-15-16-17-18-19-20-21-22-23-24-25-26-27-28-29-30-31-32-33-34-35-36-37-38-39-40-41-42-48(53)57-45-47(52)46-58-50(49(54)55)56-44-43-51(2,3)4/h47,50,52H,5-46H2,1-4H3/p+1. The fourth-order valence-corrected chi connectivity index (χ4v) is 7.66. The van der Waals surface area contributed by atoms with E-state index in [1.807, 2.05) is 21.1 Å². The minimum Gasteiger partial charge on any atom is -0.477 e. The van der Waals surface area contributed by atoms with Gasteiger partial charge < -0.3 is 28.9 Å². The van der Waals surface area contributed by atoms with Crippen LogP contribution in [-0.2, 0) is 23.8 Å². The molecule has 0 rings (SSSR count). The first-order chi connectivity index (χ1) is 28.2. The van der Waals surface area contributed by atoms with E-state index in [-0.39, 0.29) is 25.8 Å². The molecule has 0 aromatic heterocycles. The summed E-state index contributed by atoms with van der Waals surface area (Å²) < 4.78 is 16.2. The highest BCUT2D eigenvalue weighted by atomic mass is 16.7. The number of carbonyl (C=O) groups excluding carboxylic acids is 1. The monoisotopic (exact) mass is 827 g/mol. The maximum atomic E-state index is 12.0. The van der Waals surface area contributed by atoms with Crippen molar-refractivity contribution < 1.29 is 38.5 Å². The Morgan fingerprint density at radius 2 is 0.741 bits per heavy atom. The molecule has 58 heavy (non-hydrogen) atoms. The van der Waals surface area contributed by atoms with E-state index in [9.17, 15) is 19.8 Å². The second kappa shape index (κ2) is 43.9. The molecule has 0 aromatic rings. The maximum Gasteiger partial charge on any atom is 0.361 e. The van der Waals surface area contributed by atoms with Crippen LogP contribution in [0.4, 0.5) is 0 Å². The van der Waals surface area contributed by atoms with Gasteiger partial charge in [-0.05, 0) is 6.42 Å². The van der Waals surface area contributed by atoms with Crippen LogP contribution in [0.25, 0.3) is 0 Å². The van der Waals surface area contributed by atoms with Crippen molar-refractivity contribution in [2.45, 2.75) is 263 Å². The molecule has 8 heteroatoms. The van der Waals surface area contributed by atoms with Gasteiger partial charge in [-0.3, -0.25) is 4.79 Å². The van der Waals surface area contributed by atoms with Crippen molar-refractivity contribution >= 4 is 11.9 Å². The number of ether oxygens (including phenoxy) is 3. The van der Waals surface area contributed by atoms with E-state index < -0.39 is 18.4 Å². The summed E-state index contributed by atoms with van der Waals surface area (Å²) in [5, 5.41) is 19.3. The van der Waals surface area contributed by atoms with Crippen LogP contribution in [0.2, 0.25) is 0 Å². The number of quaternary nitrogens is 1. The average molecular weight is 827 g/mol. The number of nitrogens with zero attached hydrogens (tertiary/aromatic N) is 1. The van der Waals surface area contributed by atoms with Gasteiger partial charge in [0, 0.05) is 6.42 Å². The fraction of sp³-hybridized carbons (Fsp3) is 0.960. The molecule has 0 spiro atoms. The number of carboxylic acid groups (broad SMARTS) is 1. The lowest BCUT2D eigenvalue weighted by Gasteiger charge is -2.24. The molecule has 0 aromatic carbocycles. The number of unbranched alkanes of at least 4 members (excludes halogenated alkanes) is 36. The molecular formula is C50H100NO7+. The summed E-state index contributed by atoms with van der Waals surface area (Å²) in [5.74, 6) is -1.60. The predicted octanol–water partition coefficient (Wildman–Crippen LogP) is 13.9. The molecule has 0 amide bonds. The molecule has 0 aliphatic heterocycles. The molecule has 0 saturated carbocycles. The lowest BCUT2D eigenvalue weighted by atomic mass is 10.0. The Kier molecular flexibility index (Phi) is 42.9. The van der Waals surface area contributed by atoms with Gasteiger partial charge in [0.1, 0.15) is 19.3 Å². The molecule has 346 valence electrons. The number of rotatable bonds is 48. The third-order valence-electron chi connectivity index (χ3n) is 11.6. The van der Waals surface area contributed by atoms with Crippen molar-refractivity contribution in [2.24, 2.45) is 0 Å². The average Bonchev–Trinajstić information content (AvgIpc) is 3.19. The molecule has 0 aliphatic rings. The van der Waals surface area contributed by atoms with Gasteiger partial charge in [-0.1, -0.05) is 238 Å². The van der Waals surface area contributed by atoms with Crippen molar-refractivity contribution in [2.75, 3.05) is 47.5 Å². The van der Waals surface area contributed by atoms with Crippen LogP contribution in [0.3, 0.4) is 0 Å². The number of carbonyl (C=O) groups is 2. The van der Waals surface area contributed by atoms with Gasteiger partial charge in [0.2, 0.25) is 0 Å².